The number of aromatic nitrogens is 1. The standard InChI is InChI=1S/C18H23F3N2O3/c1-3-14(10-24)23-17(25)15-8-12(16(26-2)9-22-15)5-4-11-6-13(7-11)18(19,20)21/h4-5,8-9,11,13-14,24H,3,6-7,10H2,1-2H3,(H,23,25)/b5-4+/t11?,13?,14-/m1/s1. The number of methoxy groups -OCH3 is 1. The number of hydrogen-bond donors (Lipinski definition) is 2. The van der Waals surface area contributed by atoms with Crippen molar-refractivity contribution in [3.63, 3.8) is 0 Å². The molecule has 26 heavy (non-hydrogen) atoms. The van der Waals surface area contributed by atoms with E-state index in [1.54, 1.807) is 12.2 Å². The number of aliphatic hydroxyl groups is 1. The Balaban J connectivity index is 2.08. The van der Waals surface area contributed by atoms with E-state index in [0.29, 0.717) is 17.7 Å². The summed E-state index contributed by atoms with van der Waals surface area (Å²) in [6, 6.07) is 1.16. The smallest absolute Gasteiger partial charge is 0.391 e. The van der Waals surface area contributed by atoms with Crippen LogP contribution in [-0.4, -0.2) is 41.9 Å². The van der Waals surface area contributed by atoms with Gasteiger partial charge in [-0.05, 0) is 31.2 Å². The van der Waals surface area contributed by atoms with Crippen LogP contribution in [0.2, 0.25) is 0 Å². The van der Waals surface area contributed by atoms with Gasteiger partial charge in [0.1, 0.15) is 11.4 Å². The van der Waals surface area contributed by atoms with E-state index in [1.165, 1.54) is 19.4 Å². The van der Waals surface area contributed by atoms with Crippen LogP contribution in [0.5, 0.6) is 5.75 Å². The highest BCUT2D eigenvalue weighted by atomic mass is 19.4. The lowest BCUT2D eigenvalue weighted by Crippen LogP contribution is -2.37. The predicted octanol–water partition coefficient (Wildman–Crippen LogP) is 3.19. The summed E-state index contributed by atoms with van der Waals surface area (Å²) in [5.74, 6) is -1.37. The number of carbonyl (C=O) groups excluding carboxylic acids is 1. The van der Waals surface area contributed by atoms with Crippen LogP contribution in [-0.2, 0) is 0 Å². The number of alkyl halides is 3. The molecular weight excluding hydrogens is 349 g/mol. The fraction of sp³-hybridized carbons (Fsp3) is 0.556. The van der Waals surface area contributed by atoms with E-state index in [-0.39, 0.29) is 37.1 Å². The van der Waals surface area contributed by atoms with Crippen LogP contribution >= 0.6 is 0 Å². The minimum atomic E-state index is -4.13. The first-order valence-corrected chi connectivity index (χ1v) is 8.49. The molecule has 1 aromatic heterocycles. The van der Waals surface area contributed by atoms with E-state index in [4.69, 9.17) is 9.84 Å². The summed E-state index contributed by atoms with van der Waals surface area (Å²) in [5, 5.41) is 11.8. The molecule has 8 heteroatoms. The molecule has 2 N–H and O–H groups in total. The van der Waals surface area contributed by atoms with Gasteiger partial charge in [-0.3, -0.25) is 4.79 Å². The molecule has 1 aromatic rings. The molecule has 1 fully saturated rings. The Morgan fingerprint density at radius 2 is 2.19 bits per heavy atom. The number of rotatable bonds is 7. The Morgan fingerprint density at radius 3 is 2.73 bits per heavy atom. The molecule has 1 atom stereocenters. The van der Waals surface area contributed by atoms with E-state index in [2.05, 4.69) is 10.3 Å². The SMILES string of the molecule is CC[C@H](CO)NC(=O)c1cc(/C=C/C2CC(C(F)(F)F)C2)c(OC)cn1. The molecule has 0 radical (unpaired) electrons. The van der Waals surface area contributed by atoms with Crippen molar-refractivity contribution in [1.29, 1.82) is 0 Å². The Kier molecular flexibility index (Phi) is 6.63. The molecule has 0 spiro atoms. The van der Waals surface area contributed by atoms with E-state index in [9.17, 15) is 18.0 Å². The zero-order valence-electron chi connectivity index (χ0n) is 14.7. The van der Waals surface area contributed by atoms with Crippen molar-refractivity contribution in [3.05, 3.63) is 29.6 Å². The summed E-state index contributed by atoms with van der Waals surface area (Å²) in [7, 11) is 1.45. The van der Waals surface area contributed by atoms with Crippen molar-refractivity contribution in [2.75, 3.05) is 13.7 Å². The van der Waals surface area contributed by atoms with Crippen molar-refractivity contribution in [3.8, 4) is 5.75 Å². The molecular formula is C18H23F3N2O3. The number of halogens is 3. The van der Waals surface area contributed by atoms with Crippen LogP contribution in [0.15, 0.2) is 18.3 Å². The van der Waals surface area contributed by atoms with E-state index >= 15 is 0 Å². The topological polar surface area (TPSA) is 71.5 Å². The minimum absolute atomic E-state index is 0.0788. The molecule has 1 saturated carbocycles. The summed E-state index contributed by atoms with van der Waals surface area (Å²) in [4.78, 5) is 16.2. The lowest BCUT2D eigenvalue weighted by molar-refractivity contribution is -0.200. The van der Waals surface area contributed by atoms with Crippen molar-refractivity contribution >= 4 is 12.0 Å². The summed E-state index contributed by atoms with van der Waals surface area (Å²) < 4.78 is 42.8. The van der Waals surface area contributed by atoms with Crippen LogP contribution in [0.25, 0.3) is 6.08 Å². The van der Waals surface area contributed by atoms with Crippen molar-refractivity contribution in [2.45, 2.75) is 38.4 Å². The molecule has 0 aliphatic heterocycles. The first-order valence-electron chi connectivity index (χ1n) is 8.49. The lowest BCUT2D eigenvalue weighted by atomic mass is 9.74. The van der Waals surface area contributed by atoms with Crippen molar-refractivity contribution in [1.82, 2.24) is 10.3 Å². The molecule has 1 aliphatic rings. The average molecular weight is 372 g/mol. The molecule has 2 rings (SSSR count). The van der Waals surface area contributed by atoms with E-state index < -0.39 is 18.0 Å². The maximum absolute atomic E-state index is 12.5. The maximum Gasteiger partial charge on any atom is 0.391 e. The number of amides is 1. The number of nitrogens with one attached hydrogen (secondary N) is 1. The molecule has 1 aliphatic carbocycles. The first kappa shape index (κ1) is 20.2. The number of pyridine rings is 1. The number of hydrogen-bond acceptors (Lipinski definition) is 4. The van der Waals surface area contributed by atoms with Gasteiger partial charge in [0.15, 0.2) is 0 Å². The minimum Gasteiger partial charge on any atom is -0.495 e. The number of aliphatic hydroxyl groups excluding tert-OH is 1. The zero-order chi connectivity index (χ0) is 19.3. The quantitative estimate of drug-likeness (QED) is 0.771. The third-order valence-corrected chi connectivity index (χ3v) is 4.58. The summed E-state index contributed by atoms with van der Waals surface area (Å²) >= 11 is 0. The van der Waals surface area contributed by atoms with E-state index in [0.717, 1.165) is 0 Å². The number of carbonyl (C=O) groups is 1. The Hall–Kier alpha value is -2.09. The normalized spacial score (nSPS) is 21.3. The number of ether oxygens (including phenoxy) is 1. The Morgan fingerprint density at radius 1 is 1.50 bits per heavy atom. The average Bonchev–Trinajstić information content (AvgIpc) is 2.56. The summed E-state index contributed by atoms with van der Waals surface area (Å²) in [5.41, 5.74) is 0.722. The molecule has 0 saturated heterocycles. The van der Waals surface area contributed by atoms with Crippen LogP contribution in [0.1, 0.15) is 42.2 Å². The van der Waals surface area contributed by atoms with Crippen LogP contribution in [0.4, 0.5) is 13.2 Å². The lowest BCUT2D eigenvalue weighted by Gasteiger charge is -2.34. The molecule has 1 heterocycles. The van der Waals surface area contributed by atoms with Gasteiger partial charge in [0, 0.05) is 5.56 Å². The van der Waals surface area contributed by atoms with Crippen molar-refractivity contribution < 1.29 is 27.8 Å². The van der Waals surface area contributed by atoms with Crippen molar-refractivity contribution in [2.24, 2.45) is 11.8 Å². The van der Waals surface area contributed by atoms with Crippen LogP contribution in [0.3, 0.4) is 0 Å². The molecule has 144 valence electrons. The largest absolute Gasteiger partial charge is 0.495 e. The molecule has 0 aromatic carbocycles. The number of allylic oxidation sites excluding steroid dienone is 1. The summed E-state index contributed by atoms with van der Waals surface area (Å²) in [6.07, 6.45) is 1.38. The molecule has 0 bridgehead atoms. The first-order chi connectivity index (χ1) is 12.3. The maximum atomic E-state index is 12.5. The fourth-order valence-electron chi connectivity index (χ4n) is 2.75. The van der Waals surface area contributed by atoms with Gasteiger partial charge in [-0.15, -0.1) is 0 Å². The second kappa shape index (κ2) is 8.53. The van der Waals surface area contributed by atoms with Gasteiger partial charge >= 0.3 is 6.18 Å². The van der Waals surface area contributed by atoms with Gasteiger partial charge in [-0.25, -0.2) is 4.98 Å². The molecule has 5 nitrogen and oxygen atoms in total. The fourth-order valence-corrected chi connectivity index (χ4v) is 2.75. The Labute approximate surface area is 150 Å². The van der Waals surface area contributed by atoms with Crippen LogP contribution in [0, 0.1) is 11.8 Å². The van der Waals surface area contributed by atoms with E-state index in [1.807, 2.05) is 6.92 Å². The molecule has 0 unspecified atom stereocenters. The second-order valence-electron chi connectivity index (χ2n) is 6.40. The monoisotopic (exact) mass is 372 g/mol. The van der Waals surface area contributed by atoms with Gasteiger partial charge < -0.3 is 15.2 Å². The van der Waals surface area contributed by atoms with Gasteiger partial charge in [0.05, 0.1) is 31.9 Å². The highest BCUT2D eigenvalue weighted by molar-refractivity contribution is 5.93. The predicted molar refractivity (Wildman–Crippen MR) is 90.7 cm³/mol. The highest BCUT2D eigenvalue weighted by Crippen LogP contribution is 2.45. The zero-order valence-corrected chi connectivity index (χ0v) is 14.7. The highest BCUT2D eigenvalue weighted by Gasteiger charge is 2.46. The number of nitrogens with zero attached hydrogens (tertiary/aromatic N) is 1. The third kappa shape index (κ3) is 4.97. The van der Waals surface area contributed by atoms with Gasteiger partial charge in [0.25, 0.3) is 5.91 Å². The summed E-state index contributed by atoms with van der Waals surface area (Å²) in [6.45, 7) is 1.66. The second-order valence-corrected chi connectivity index (χ2v) is 6.40. The van der Waals surface area contributed by atoms with Gasteiger partial charge in [-0.2, -0.15) is 13.2 Å². The Bertz CT molecular complexity index is 652. The third-order valence-electron chi connectivity index (χ3n) is 4.58. The molecule has 1 amide bonds. The van der Waals surface area contributed by atoms with Crippen LogP contribution < -0.4 is 10.1 Å². The van der Waals surface area contributed by atoms with Gasteiger partial charge in [0.2, 0.25) is 0 Å². The van der Waals surface area contributed by atoms with Gasteiger partial charge in [-0.1, -0.05) is 19.1 Å².